The van der Waals surface area contributed by atoms with E-state index in [0.29, 0.717) is 22.3 Å². The van der Waals surface area contributed by atoms with Crippen molar-refractivity contribution in [1.29, 1.82) is 0 Å². The molecule has 0 spiro atoms. The summed E-state index contributed by atoms with van der Waals surface area (Å²) >= 11 is 2.80. The van der Waals surface area contributed by atoms with Crippen LogP contribution in [0.15, 0.2) is 29.4 Å². The van der Waals surface area contributed by atoms with E-state index < -0.39 is 0 Å². The lowest BCUT2D eigenvalue weighted by Crippen LogP contribution is -2.17. The van der Waals surface area contributed by atoms with Crippen LogP contribution in [0.4, 0.5) is 5.00 Å². The fraction of sp³-hybridized carbons (Fsp3) is 0.364. The van der Waals surface area contributed by atoms with E-state index in [2.05, 4.69) is 21.6 Å². The van der Waals surface area contributed by atoms with E-state index in [1.54, 1.807) is 6.92 Å². The molecule has 7 nitrogen and oxygen atoms in total. The number of hydrogen-bond donors (Lipinski definition) is 1. The molecule has 0 unspecified atom stereocenters. The van der Waals surface area contributed by atoms with Gasteiger partial charge in [-0.1, -0.05) is 35.5 Å². The van der Waals surface area contributed by atoms with Crippen molar-refractivity contribution in [2.24, 2.45) is 7.05 Å². The van der Waals surface area contributed by atoms with E-state index in [-0.39, 0.29) is 17.6 Å². The van der Waals surface area contributed by atoms with Crippen molar-refractivity contribution in [3.05, 3.63) is 45.8 Å². The molecule has 1 amide bonds. The van der Waals surface area contributed by atoms with Crippen molar-refractivity contribution >= 4 is 40.0 Å². The summed E-state index contributed by atoms with van der Waals surface area (Å²) in [5, 5.41) is 12.7. The third kappa shape index (κ3) is 4.52. The summed E-state index contributed by atoms with van der Waals surface area (Å²) in [6.07, 6.45) is 2.83. The van der Waals surface area contributed by atoms with Crippen LogP contribution in [0.5, 0.6) is 0 Å². The fourth-order valence-electron chi connectivity index (χ4n) is 3.68. The lowest BCUT2D eigenvalue weighted by atomic mass is 10.1. The van der Waals surface area contributed by atoms with Crippen LogP contribution in [0.2, 0.25) is 0 Å². The van der Waals surface area contributed by atoms with Gasteiger partial charge in [-0.15, -0.1) is 21.5 Å². The predicted octanol–water partition coefficient (Wildman–Crippen LogP) is 4.25. The smallest absolute Gasteiger partial charge is 0.341 e. The first-order valence-corrected chi connectivity index (χ1v) is 12.0. The first kappa shape index (κ1) is 21.6. The van der Waals surface area contributed by atoms with E-state index in [9.17, 15) is 9.59 Å². The average Bonchev–Trinajstić information content (AvgIpc) is 3.41. The molecule has 0 saturated carbocycles. The minimum atomic E-state index is -0.360. The number of aryl methyl sites for hydroxylation is 2. The number of amides is 1. The van der Waals surface area contributed by atoms with Crippen molar-refractivity contribution in [2.45, 2.75) is 38.3 Å². The number of esters is 1. The van der Waals surface area contributed by atoms with Crippen LogP contribution in [-0.2, 0) is 29.4 Å². The number of fused-ring (bicyclic) bond motifs is 1. The summed E-state index contributed by atoms with van der Waals surface area (Å²) in [7, 11) is 1.89. The SMILES string of the molecule is CCOC(=O)c1c(NC(=O)CSc2nnc(-c3cccc(C)c3)n2C)sc2c1CCC2. The maximum atomic E-state index is 12.6. The highest BCUT2D eigenvalue weighted by Crippen LogP contribution is 2.39. The predicted molar refractivity (Wildman–Crippen MR) is 123 cm³/mol. The van der Waals surface area contributed by atoms with Crippen LogP contribution in [0.1, 0.15) is 39.7 Å². The summed E-state index contributed by atoms with van der Waals surface area (Å²) in [5.74, 6) is 0.382. The highest BCUT2D eigenvalue weighted by atomic mass is 32.2. The van der Waals surface area contributed by atoms with Gasteiger partial charge in [-0.25, -0.2) is 4.79 Å². The highest BCUT2D eigenvalue weighted by molar-refractivity contribution is 7.99. The molecule has 1 aromatic carbocycles. The number of benzene rings is 1. The summed E-state index contributed by atoms with van der Waals surface area (Å²) in [6.45, 7) is 4.12. The number of carbonyl (C=O) groups is 2. The van der Waals surface area contributed by atoms with Gasteiger partial charge in [0.1, 0.15) is 5.00 Å². The van der Waals surface area contributed by atoms with E-state index in [4.69, 9.17) is 4.74 Å². The number of ether oxygens (including phenoxy) is 1. The molecule has 1 N–H and O–H groups in total. The molecule has 0 atom stereocenters. The third-order valence-corrected chi connectivity index (χ3v) is 7.32. The van der Waals surface area contributed by atoms with Gasteiger partial charge in [0.05, 0.1) is 17.9 Å². The summed E-state index contributed by atoms with van der Waals surface area (Å²) < 4.78 is 7.11. The Bertz CT molecular complexity index is 1140. The molecule has 2 aromatic heterocycles. The molecule has 2 heterocycles. The molecule has 162 valence electrons. The zero-order valence-electron chi connectivity index (χ0n) is 17.7. The zero-order valence-corrected chi connectivity index (χ0v) is 19.4. The Morgan fingerprint density at radius 3 is 2.90 bits per heavy atom. The number of anilines is 1. The van der Waals surface area contributed by atoms with Gasteiger partial charge in [-0.3, -0.25) is 4.79 Å². The monoisotopic (exact) mass is 456 g/mol. The van der Waals surface area contributed by atoms with Gasteiger partial charge in [0, 0.05) is 17.5 Å². The number of aromatic nitrogens is 3. The molecule has 1 aliphatic carbocycles. The molecule has 1 aliphatic rings. The fourth-order valence-corrected chi connectivity index (χ4v) is 5.69. The lowest BCUT2D eigenvalue weighted by Gasteiger charge is -2.08. The Morgan fingerprint density at radius 2 is 2.13 bits per heavy atom. The zero-order chi connectivity index (χ0) is 22.0. The molecule has 4 rings (SSSR count). The van der Waals surface area contributed by atoms with Gasteiger partial charge in [0.15, 0.2) is 11.0 Å². The molecule has 9 heteroatoms. The van der Waals surface area contributed by atoms with Crippen LogP contribution in [0, 0.1) is 6.92 Å². The van der Waals surface area contributed by atoms with Crippen LogP contribution < -0.4 is 5.32 Å². The van der Waals surface area contributed by atoms with Crippen molar-refractivity contribution in [3.8, 4) is 11.4 Å². The number of rotatable bonds is 7. The summed E-state index contributed by atoms with van der Waals surface area (Å²) in [6, 6.07) is 8.06. The van der Waals surface area contributed by atoms with Crippen LogP contribution in [0.3, 0.4) is 0 Å². The maximum Gasteiger partial charge on any atom is 0.341 e. The minimum Gasteiger partial charge on any atom is -0.462 e. The molecule has 0 bridgehead atoms. The van der Waals surface area contributed by atoms with Crippen molar-refractivity contribution in [2.75, 3.05) is 17.7 Å². The number of nitrogens with zero attached hydrogens (tertiary/aromatic N) is 3. The lowest BCUT2D eigenvalue weighted by molar-refractivity contribution is -0.113. The normalized spacial score (nSPS) is 12.6. The second-order valence-corrected chi connectivity index (χ2v) is 9.40. The van der Waals surface area contributed by atoms with E-state index in [1.807, 2.05) is 36.7 Å². The van der Waals surface area contributed by atoms with E-state index >= 15 is 0 Å². The van der Waals surface area contributed by atoms with Gasteiger partial charge in [-0.2, -0.15) is 0 Å². The van der Waals surface area contributed by atoms with Crippen LogP contribution >= 0.6 is 23.1 Å². The van der Waals surface area contributed by atoms with Gasteiger partial charge >= 0.3 is 5.97 Å². The number of thiophene rings is 1. The van der Waals surface area contributed by atoms with E-state index in [1.165, 1.54) is 28.0 Å². The number of nitrogens with one attached hydrogen (secondary N) is 1. The topological polar surface area (TPSA) is 86.1 Å². The van der Waals surface area contributed by atoms with Gasteiger partial charge in [-0.05, 0) is 44.7 Å². The van der Waals surface area contributed by atoms with Crippen LogP contribution in [0.25, 0.3) is 11.4 Å². The van der Waals surface area contributed by atoms with Crippen molar-refractivity contribution < 1.29 is 14.3 Å². The quantitative estimate of drug-likeness (QED) is 0.423. The molecule has 0 aliphatic heterocycles. The van der Waals surface area contributed by atoms with Gasteiger partial charge < -0.3 is 14.6 Å². The third-order valence-electron chi connectivity index (χ3n) is 5.10. The maximum absolute atomic E-state index is 12.6. The van der Waals surface area contributed by atoms with E-state index in [0.717, 1.165) is 41.8 Å². The van der Waals surface area contributed by atoms with Crippen molar-refractivity contribution in [1.82, 2.24) is 14.8 Å². The standard InChI is InChI=1S/C22H24N4O3S2/c1-4-29-21(28)18-15-9-6-10-16(15)31-20(18)23-17(27)12-30-22-25-24-19(26(22)3)14-8-5-7-13(2)11-14/h5,7-8,11H,4,6,9-10,12H2,1-3H3,(H,23,27). The molecule has 3 aromatic rings. The van der Waals surface area contributed by atoms with Crippen molar-refractivity contribution in [3.63, 3.8) is 0 Å². The second kappa shape index (κ2) is 9.23. The summed E-state index contributed by atoms with van der Waals surface area (Å²) in [5.41, 5.74) is 3.69. The molecular weight excluding hydrogens is 432 g/mol. The second-order valence-electron chi connectivity index (χ2n) is 7.35. The largest absolute Gasteiger partial charge is 0.462 e. The Hall–Kier alpha value is -2.65. The number of thioether (sulfide) groups is 1. The average molecular weight is 457 g/mol. The Balaban J connectivity index is 1.45. The first-order chi connectivity index (χ1) is 15.0. The Kier molecular flexibility index (Phi) is 6.43. The molecule has 0 fully saturated rings. The molecule has 31 heavy (non-hydrogen) atoms. The molecule has 0 radical (unpaired) electrons. The first-order valence-electron chi connectivity index (χ1n) is 10.2. The number of carbonyl (C=O) groups excluding carboxylic acids is 2. The summed E-state index contributed by atoms with van der Waals surface area (Å²) in [4.78, 5) is 26.3. The van der Waals surface area contributed by atoms with Gasteiger partial charge in [0.2, 0.25) is 5.91 Å². The Morgan fingerprint density at radius 1 is 1.29 bits per heavy atom. The van der Waals surface area contributed by atoms with Crippen LogP contribution in [-0.4, -0.2) is 39.0 Å². The van der Waals surface area contributed by atoms with Gasteiger partial charge in [0.25, 0.3) is 0 Å². The Labute approximate surface area is 189 Å². The minimum absolute atomic E-state index is 0.171. The molecule has 0 saturated heterocycles. The number of hydrogen-bond acceptors (Lipinski definition) is 7. The highest BCUT2D eigenvalue weighted by Gasteiger charge is 2.28. The molecular formula is C22H24N4O3S2.